The van der Waals surface area contributed by atoms with E-state index in [1.54, 1.807) is 31.2 Å². The largest absolute Gasteiger partial charge is 0.456 e. The van der Waals surface area contributed by atoms with Gasteiger partial charge in [-0.1, -0.05) is 43.3 Å². The molecule has 0 bridgehead atoms. The number of fused-ring (bicyclic) bond motifs is 1. The van der Waals surface area contributed by atoms with Crippen LogP contribution in [0.25, 0.3) is 5.65 Å². The minimum absolute atomic E-state index is 0.143. The molecule has 0 spiro atoms. The number of rotatable bonds is 7. The summed E-state index contributed by atoms with van der Waals surface area (Å²) in [6, 6.07) is 17.4. The number of carbonyl (C=O) groups excluding carboxylic acids is 2. The van der Waals surface area contributed by atoms with Crippen molar-refractivity contribution in [3.8, 4) is 0 Å². The Morgan fingerprint density at radius 1 is 1.09 bits per heavy atom. The SMILES string of the molecule is CCC(C(=O)Nc1cc(C(=O)OCc2cc(=O)n3oc(C)cc3n2)ccc1C)c1ccccc1. The van der Waals surface area contributed by atoms with Crippen molar-refractivity contribution in [1.82, 2.24) is 9.56 Å². The molecule has 0 aliphatic carbocycles. The van der Waals surface area contributed by atoms with Crippen molar-refractivity contribution in [2.45, 2.75) is 39.7 Å². The Morgan fingerprint density at radius 2 is 1.85 bits per heavy atom. The molecule has 174 valence electrons. The van der Waals surface area contributed by atoms with Gasteiger partial charge in [-0.25, -0.2) is 9.78 Å². The van der Waals surface area contributed by atoms with E-state index in [-0.39, 0.29) is 24.0 Å². The van der Waals surface area contributed by atoms with Gasteiger partial charge in [0.1, 0.15) is 12.4 Å². The summed E-state index contributed by atoms with van der Waals surface area (Å²) in [6.07, 6.45) is 0.643. The van der Waals surface area contributed by atoms with Gasteiger partial charge >= 0.3 is 5.97 Å². The van der Waals surface area contributed by atoms with Crippen molar-refractivity contribution in [1.29, 1.82) is 0 Å². The maximum atomic E-state index is 13.0. The molecule has 0 saturated heterocycles. The monoisotopic (exact) mass is 459 g/mol. The molecule has 2 aromatic heterocycles. The van der Waals surface area contributed by atoms with Gasteiger partial charge in [0.05, 0.1) is 17.2 Å². The fourth-order valence-electron chi connectivity index (χ4n) is 3.73. The standard InChI is InChI=1S/C26H25N3O5/c1-4-21(18-8-6-5-7-9-18)25(31)28-22-13-19(11-10-16(22)2)26(32)33-15-20-14-24(30)29-23(27-20)12-17(3)34-29/h5-14,21H,4,15H2,1-3H3,(H,28,31). The van der Waals surface area contributed by atoms with Crippen LogP contribution >= 0.6 is 0 Å². The first kappa shape index (κ1) is 23.0. The molecule has 2 heterocycles. The minimum atomic E-state index is -0.587. The zero-order valence-electron chi connectivity index (χ0n) is 19.2. The third kappa shape index (κ3) is 4.91. The average molecular weight is 460 g/mol. The van der Waals surface area contributed by atoms with Gasteiger partial charge in [-0.05, 0) is 43.5 Å². The smallest absolute Gasteiger partial charge is 0.338 e. The molecule has 0 radical (unpaired) electrons. The van der Waals surface area contributed by atoms with Crippen LogP contribution in [-0.2, 0) is 16.1 Å². The third-order valence-electron chi connectivity index (χ3n) is 5.53. The first-order chi connectivity index (χ1) is 16.4. The molecule has 0 aliphatic heterocycles. The number of benzene rings is 2. The number of esters is 1. The molecule has 2 aromatic carbocycles. The van der Waals surface area contributed by atoms with E-state index in [0.717, 1.165) is 15.7 Å². The van der Waals surface area contributed by atoms with Crippen molar-refractivity contribution in [3.05, 3.63) is 99.2 Å². The molecular weight excluding hydrogens is 434 g/mol. The zero-order chi connectivity index (χ0) is 24.2. The zero-order valence-corrected chi connectivity index (χ0v) is 19.2. The predicted octanol–water partition coefficient (Wildman–Crippen LogP) is 4.39. The number of aromatic nitrogens is 2. The second kappa shape index (κ2) is 9.74. The quantitative estimate of drug-likeness (QED) is 0.411. The minimum Gasteiger partial charge on any atom is -0.456 e. The lowest BCUT2D eigenvalue weighted by atomic mass is 9.95. The van der Waals surface area contributed by atoms with Gasteiger partial charge in [0.15, 0.2) is 5.65 Å². The maximum absolute atomic E-state index is 13.0. The molecule has 8 heteroatoms. The summed E-state index contributed by atoms with van der Waals surface area (Å²) in [6.45, 7) is 5.36. The molecule has 4 rings (SSSR count). The number of hydrogen-bond acceptors (Lipinski definition) is 6. The summed E-state index contributed by atoms with van der Waals surface area (Å²) < 4.78 is 11.7. The van der Waals surface area contributed by atoms with Crippen LogP contribution in [0.4, 0.5) is 5.69 Å². The molecule has 4 aromatic rings. The van der Waals surface area contributed by atoms with Crippen LogP contribution in [0.3, 0.4) is 0 Å². The highest BCUT2D eigenvalue weighted by molar-refractivity contribution is 5.98. The van der Waals surface area contributed by atoms with E-state index in [1.165, 1.54) is 6.07 Å². The Morgan fingerprint density at radius 3 is 2.59 bits per heavy atom. The van der Waals surface area contributed by atoms with Gasteiger partial charge in [-0.15, -0.1) is 4.57 Å². The number of nitrogens with one attached hydrogen (secondary N) is 1. The number of anilines is 1. The highest BCUT2D eigenvalue weighted by Gasteiger charge is 2.20. The predicted molar refractivity (Wildman–Crippen MR) is 127 cm³/mol. The van der Waals surface area contributed by atoms with Crippen LogP contribution in [-0.4, -0.2) is 21.4 Å². The summed E-state index contributed by atoms with van der Waals surface area (Å²) >= 11 is 0. The Labute approximate surface area is 196 Å². The van der Waals surface area contributed by atoms with E-state index < -0.39 is 11.5 Å². The molecule has 1 atom stereocenters. The highest BCUT2D eigenvalue weighted by atomic mass is 16.5. The Kier molecular flexibility index (Phi) is 6.58. The Bertz CT molecular complexity index is 1410. The van der Waals surface area contributed by atoms with Crippen LogP contribution in [0.1, 0.15) is 52.2 Å². The van der Waals surface area contributed by atoms with E-state index in [1.807, 2.05) is 44.2 Å². The topological polar surface area (TPSA) is 103 Å². The number of nitrogens with zero attached hydrogens (tertiary/aromatic N) is 2. The van der Waals surface area contributed by atoms with Crippen molar-refractivity contribution in [3.63, 3.8) is 0 Å². The number of aryl methyl sites for hydroxylation is 2. The lowest BCUT2D eigenvalue weighted by Crippen LogP contribution is -2.21. The van der Waals surface area contributed by atoms with Crippen LogP contribution in [0.2, 0.25) is 0 Å². The fraction of sp³-hybridized carbons (Fsp3) is 0.231. The van der Waals surface area contributed by atoms with Gasteiger partial charge in [0, 0.05) is 17.8 Å². The van der Waals surface area contributed by atoms with E-state index in [0.29, 0.717) is 29.2 Å². The molecule has 0 fully saturated rings. The molecule has 8 nitrogen and oxygen atoms in total. The van der Waals surface area contributed by atoms with E-state index >= 15 is 0 Å². The van der Waals surface area contributed by atoms with E-state index in [9.17, 15) is 14.4 Å². The second-order valence-electron chi connectivity index (χ2n) is 8.05. The molecule has 1 amide bonds. The first-order valence-electron chi connectivity index (χ1n) is 11.0. The number of carbonyl (C=O) groups is 2. The summed E-state index contributed by atoms with van der Waals surface area (Å²) in [4.78, 5) is 42.1. The second-order valence-corrected chi connectivity index (χ2v) is 8.05. The highest BCUT2D eigenvalue weighted by Crippen LogP contribution is 2.24. The van der Waals surface area contributed by atoms with E-state index in [2.05, 4.69) is 10.3 Å². The molecule has 0 saturated carbocycles. The molecule has 34 heavy (non-hydrogen) atoms. The number of hydrogen-bond donors (Lipinski definition) is 1. The fourth-order valence-corrected chi connectivity index (χ4v) is 3.73. The average Bonchev–Trinajstić information content (AvgIpc) is 3.21. The third-order valence-corrected chi connectivity index (χ3v) is 5.53. The lowest BCUT2D eigenvalue weighted by molar-refractivity contribution is -0.117. The van der Waals surface area contributed by atoms with Crippen molar-refractivity contribution >= 4 is 23.2 Å². The van der Waals surface area contributed by atoms with Gasteiger partial charge < -0.3 is 14.6 Å². The Balaban J connectivity index is 1.47. The normalized spacial score (nSPS) is 11.9. The van der Waals surface area contributed by atoms with Crippen LogP contribution in [0.15, 0.2) is 70.0 Å². The Hall–Kier alpha value is -4.20. The summed E-state index contributed by atoms with van der Waals surface area (Å²) in [7, 11) is 0. The maximum Gasteiger partial charge on any atom is 0.338 e. The van der Waals surface area contributed by atoms with Crippen molar-refractivity contribution in [2.75, 3.05) is 5.32 Å². The van der Waals surface area contributed by atoms with Crippen molar-refractivity contribution < 1.29 is 18.8 Å². The summed E-state index contributed by atoms with van der Waals surface area (Å²) in [5.41, 5.74) is 2.85. The molecule has 1 unspecified atom stereocenters. The van der Waals surface area contributed by atoms with Crippen LogP contribution < -0.4 is 10.9 Å². The van der Waals surface area contributed by atoms with Gasteiger partial charge in [-0.3, -0.25) is 9.59 Å². The molecule has 1 N–H and O–H groups in total. The summed E-state index contributed by atoms with van der Waals surface area (Å²) in [5, 5.41) is 2.95. The van der Waals surface area contributed by atoms with Gasteiger partial charge in [0.2, 0.25) is 5.91 Å². The molecule has 0 aliphatic rings. The van der Waals surface area contributed by atoms with Gasteiger partial charge in [0.25, 0.3) is 5.56 Å². The summed E-state index contributed by atoms with van der Waals surface area (Å²) in [5.74, 6) is -0.486. The lowest BCUT2D eigenvalue weighted by Gasteiger charge is -2.17. The van der Waals surface area contributed by atoms with Crippen LogP contribution in [0.5, 0.6) is 0 Å². The van der Waals surface area contributed by atoms with Crippen LogP contribution in [0, 0.1) is 13.8 Å². The molecular formula is C26H25N3O5. The first-order valence-corrected chi connectivity index (χ1v) is 11.0. The van der Waals surface area contributed by atoms with E-state index in [4.69, 9.17) is 9.26 Å². The van der Waals surface area contributed by atoms with Gasteiger partial charge in [-0.2, -0.15) is 0 Å². The number of ether oxygens (including phenoxy) is 1. The number of amides is 1. The van der Waals surface area contributed by atoms with Crippen molar-refractivity contribution in [2.24, 2.45) is 0 Å².